The fraction of sp³-hybridized carbons (Fsp3) is 0. The Hall–Kier alpha value is -0.700. The molecule has 0 bridgehead atoms. The predicted octanol–water partition coefficient (Wildman–Crippen LogP) is 4.25. The van der Waals surface area contributed by atoms with E-state index in [1.54, 1.807) is 22.7 Å². The molecule has 3 heterocycles. The first-order valence-corrected chi connectivity index (χ1v) is 8.14. The van der Waals surface area contributed by atoms with Gasteiger partial charge >= 0.3 is 0 Å². The number of thiophene rings is 2. The summed E-state index contributed by atoms with van der Waals surface area (Å²) in [7, 11) is 0. The largest absolute Gasteiger partial charge is 0.214 e. The third-order valence-electron chi connectivity index (χ3n) is 2.12. The van der Waals surface area contributed by atoms with E-state index in [2.05, 4.69) is 52.3 Å². The minimum Gasteiger partial charge on any atom is -0.139 e. The zero-order valence-corrected chi connectivity index (χ0v) is 13.5. The van der Waals surface area contributed by atoms with Gasteiger partial charge in [-0.2, -0.15) is 0 Å². The third-order valence-corrected chi connectivity index (χ3v) is 5.79. The monoisotopic (exact) mass is 402 g/mol. The topological polar surface area (TPSA) is 51.6 Å². The summed E-state index contributed by atoms with van der Waals surface area (Å²) in [5.74, 6) is 1.07. The van der Waals surface area contributed by atoms with Crippen molar-refractivity contribution in [3.63, 3.8) is 0 Å². The van der Waals surface area contributed by atoms with Crippen molar-refractivity contribution in [3.8, 4) is 21.4 Å². The number of halogens is 2. The van der Waals surface area contributed by atoms with Crippen LogP contribution >= 0.6 is 54.5 Å². The van der Waals surface area contributed by atoms with E-state index < -0.39 is 0 Å². The van der Waals surface area contributed by atoms with E-state index >= 15 is 0 Å². The Morgan fingerprint density at radius 3 is 1.39 bits per heavy atom. The lowest BCUT2D eigenvalue weighted by Crippen LogP contribution is -1.97. The molecular formula is C10H4Br2N4S2. The van der Waals surface area contributed by atoms with Crippen molar-refractivity contribution in [3.05, 3.63) is 31.8 Å². The Balaban J connectivity index is 2.00. The van der Waals surface area contributed by atoms with Gasteiger partial charge < -0.3 is 0 Å². The molecule has 0 saturated carbocycles. The molecule has 0 aromatic carbocycles. The Bertz CT molecular complexity index is 618. The summed E-state index contributed by atoms with van der Waals surface area (Å²) in [6.45, 7) is 0. The van der Waals surface area contributed by atoms with E-state index in [9.17, 15) is 0 Å². The maximum absolute atomic E-state index is 4.12. The summed E-state index contributed by atoms with van der Waals surface area (Å²) in [4.78, 5) is 1.87. The molecule has 0 aliphatic rings. The molecule has 3 aromatic heterocycles. The van der Waals surface area contributed by atoms with Gasteiger partial charge in [-0.25, -0.2) is 0 Å². The second kappa shape index (κ2) is 5.12. The van der Waals surface area contributed by atoms with Crippen LogP contribution in [0.5, 0.6) is 0 Å². The summed E-state index contributed by atoms with van der Waals surface area (Å²) in [6.07, 6.45) is 0. The van der Waals surface area contributed by atoms with E-state index in [0.717, 1.165) is 18.7 Å². The highest BCUT2D eigenvalue weighted by Gasteiger charge is 2.12. The lowest BCUT2D eigenvalue weighted by atomic mass is 10.4. The minimum atomic E-state index is 0.535. The van der Waals surface area contributed by atoms with Crippen LogP contribution in [0.25, 0.3) is 21.4 Å². The molecule has 0 saturated heterocycles. The fourth-order valence-corrected chi connectivity index (χ4v) is 4.26. The van der Waals surface area contributed by atoms with Crippen LogP contribution in [0.1, 0.15) is 0 Å². The van der Waals surface area contributed by atoms with Gasteiger partial charge in [-0.3, -0.25) is 0 Å². The van der Waals surface area contributed by atoms with Crippen LogP contribution in [0.4, 0.5) is 0 Å². The SMILES string of the molecule is Brc1ccsc1-c1nnc(-c2sccc2Br)nn1. The molecule has 90 valence electrons. The lowest BCUT2D eigenvalue weighted by Gasteiger charge is -1.97. The number of hydrogen-bond acceptors (Lipinski definition) is 6. The first-order valence-electron chi connectivity index (χ1n) is 4.80. The van der Waals surface area contributed by atoms with Gasteiger partial charge in [0.2, 0.25) is 11.6 Å². The summed E-state index contributed by atoms with van der Waals surface area (Å²) < 4.78 is 1.92. The summed E-state index contributed by atoms with van der Waals surface area (Å²) in [5.41, 5.74) is 0. The van der Waals surface area contributed by atoms with Gasteiger partial charge in [0.1, 0.15) is 0 Å². The molecule has 0 atom stereocenters. The van der Waals surface area contributed by atoms with Crippen molar-refractivity contribution >= 4 is 54.5 Å². The predicted molar refractivity (Wildman–Crippen MR) is 79.6 cm³/mol. The summed E-state index contributed by atoms with van der Waals surface area (Å²) in [5, 5.41) is 20.4. The maximum atomic E-state index is 4.12. The van der Waals surface area contributed by atoms with Crippen LogP contribution < -0.4 is 0 Å². The standard InChI is InChI=1S/C10H4Br2N4S2/c11-5-1-3-17-7(5)9-13-15-10(16-14-9)8-6(12)2-4-18-8/h1-4H. The van der Waals surface area contributed by atoms with E-state index in [1.165, 1.54) is 0 Å². The van der Waals surface area contributed by atoms with E-state index in [-0.39, 0.29) is 0 Å². The van der Waals surface area contributed by atoms with Crippen LogP contribution in [0.3, 0.4) is 0 Å². The van der Waals surface area contributed by atoms with Crippen molar-refractivity contribution in [2.24, 2.45) is 0 Å². The second-order valence-electron chi connectivity index (χ2n) is 3.24. The van der Waals surface area contributed by atoms with Crippen molar-refractivity contribution < 1.29 is 0 Å². The molecular weight excluding hydrogens is 400 g/mol. The van der Waals surface area contributed by atoms with Gasteiger partial charge in [0.15, 0.2) is 0 Å². The molecule has 3 rings (SSSR count). The highest BCUT2D eigenvalue weighted by atomic mass is 79.9. The van der Waals surface area contributed by atoms with Gasteiger partial charge in [0.05, 0.1) is 9.75 Å². The van der Waals surface area contributed by atoms with Crippen molar-refractivity contribution in [1.82, 2.24) is 20.4 Å². The average Bonchev–Trinajstić information content (AvgIpc) is 2.98. The molecule has 0 aliphatic carbocycles. The van der Waals surface area contributed by atoms with Crippen LogP contribution in [-0.2, 0) is 0 Å². The zero-order chi connectivity index (χ0) is 12.5. The highest BCUT2D eigenvalue weighted by molar-refractivity contribution is 9.11. The van der Waals surface area contributed by atoms with E-state index in [0.29, 0.717) is 11.6 Å². The fourth-order valence-electron chi connectivity index (χ4n) is 1.32. The molecule has 0 radical (unpaired) electrons. The third kappa shape index (κ3) is 2.25. The van der Waals surface area contributed by atoms with Gasteiger partial charge in [-0.15, -0.1) is 43.1 Å². The van der Waals surface area contributed by atoms with Crippen molar-refractivity contribution in [2.45, 2.75) is 0 Å². The zero-order valence-electron chi connectivity index (χ0n) is 8.67. The van der Waals surface area contributed by atoms with Crippen LogP contribution in [-0.4, -0.2) is 20.4 Å². The Labute approximate surface area is 127 Å². The average molecular weight is 404 g/mol. The first kappa shape index (κ1) is 12.3. The van der Waals surface area contributed by atoms with Gasteiger partial charge in [0, 0.05) is 8.95 Å². The van der Waals surface area contributed by atoms with Gasteiger partial charge in [-0.05, 0) is 54.8 Å². The van der Waals surface area contributed by atoms with E-state index in [1.807, 2.05) is 22.9 Å². The Morgan fingerprint density at radius 2 is 1.11 bits per heavy atom. The molecule has 18 heavy (non-hydrogen) atoms. The molecule has 0 fully saturated rings. The number of nitrogens with zero attached hydrogens (tertiary/aromatic N) is 4. The number of hydrogen-bond donors (Lipinski definition) is 0. The van der Waals surface area contributed by atoms with Crippen LogP contribution in [0.15, 0.2) is 31.8 Å². The quantitative estimate of drug-likeness (QED) is 0.641. The number of aromatic nitrogens is 4. The molecule has 8 heteroatoms. The molecule has 3 aromatic rings. The molecule has 0 unspecified atom stereocenters. The summed E-state index contributed by atoms with van der Waals surface area (Å²) >= 11 is 9.98. The van der Waals surface area contributed by atoms with Gasteiger partial charge in [0.25, 0.3) is 0 Å². The van der Waals surface area contributed by atoms with Crippen molar-refractivity contribution in [2.75, 3.05) is 0 Å². The first-order chi connectivity index (χ1) is 8.75. The lowest BCUT2D eigenvalue weighted by molar-refractivity contribution is 0.880. The second-order valence-corrected chi connectivity index (χ2v) is 6.78. The molecule has 0 aliphatic heterocycles. The smallest absolute Gasteiger partial charge is 0.139 e. The molecule has 0 spiro atoms. The normalized spacial score (nSPS) is 10.8. The molecule has 4 nitrogen and oxygen atoms in total. The maximum Gasteiger partial charge on any atom is 0.214 e. The van der Waals surface area contributed by atoms with Gasteiger partial charge in [-0.1, -0.05) is 0 Å². The molecule has 0 amide bonds. The highest BCUT2D eigenvalue weighted by Crippen LogP contribution is 2.32. The van der Waals surface area contributed by atoms with Crippen LogP contribution in [0.2, 0.25) is 0 Å². The van der Waals surface area contributed by atoms with E-state index in [4.69, 9.17) is 0 Å². The number of rotatable bonds is 2. The molecule has 0 N–H and O–H groups in total. The summed E-state index contributed by atoms with van der Waals surface area (Å²) in [6, 6.07) is 3.90. The van der Waals surface area contributed by atoms with Crippen LogP contribution in [0, 0.1) is 0 Å². The Kier molecular flexibility index (Phi) is 3.51. The minimum absolute atomic E-state index is 0.535. The van der Waals surface area contributed by atoms with Crippen molar-refractivity contribution in [1.29, 1.82) is 0 Å². The Morgan fingerprint density at radius 1 is 0.722 bits per heavy atom.